The summed E-state index contributed by atoms with van der Waals surface area (Å²) >= 11 is 12.4. The zero-order chi connectivity index (χ0) is 18.1. The number of ether oxygens (including phenoxy) is 1. The summed E-state index contributed by atoms with van der Waals surface area (Å²) in [6.45, 7) is 2.53. The van der Waals surface area contributed by atoms with Gasteiger partial charge in [-0.25, -0.2) is 0 Å². The molecule has 0 bridgehead atoms. The maximum atomic E-state index is 12.6. The van der Waals surface area contributed by atoms with Crippen LogP contribution in [-0.4, -0.2) is 53.7 Å². The van der Waals surface area contributed by atoms with Gasteiger partial charge in [0.05, 0.1) is 29.2 Å². The molecule has 0 spiro atoms. The average molecular weight is 387 g/mol. The molecule has 0 saturated carbocycles. The highest BCUT2D eigenvalue weighted by Crippen LogP contribution is 2.43. The van der Waals surface area contributed by atoms with Crippen molar-refractivity contribution in [3.05, 3.63) is 27.7 Å². The van der Waals surface area contributed by atoms with Crippen molar-refractivity contribution in [3.63, 3.8) is 0 Å². The Bertz CT molecular complexity index is 697. The molecule has 1 unspecified atom stereocenters. The Morgan fingerprint density at radius 2 is 2.20 bits per heavy atom. The quantitative estimate of drug-likeness (QED) is 0.835. The van der Waals surface area contributed by atoms with Gasteiger partial charge in [-0.2, -0.15) is 0 Å². The first kappa shape index (κ1) is 18.3. The van der Waals surface area contributed by atoms with Crippen LogP contribution in [-0.2, 0) is 14.3 Å². The SMILES string of the molecule is CC(=O)NCC1OC[C@@H]2C[C@H](c3c(O)ccc(Cl)c3Cl)CCN2C1=O. The van der Waals surface area contributed by atoms with E-state index in [2.05, 4.69) is 5.32 Å². The Morgan fingerprint density at radius 1 is 1.44 bits per heavy atom. The molecule has 136 valence electrons. The van der Waals surface area contributed by atoms with Crippen LogP contribution >= 0.6 is 23.2 Å². The molecule has 2 aliphatic heterocycles. The maximum absolute atomic E-state index is 12.6. The Morgan fingerprint density at radius 3 is 2.92 bits per heavy atom. The largest absolute Gasteiger partial charge is 0.508 e. The van der Waals surface area contributed by atoms with E-state index >= 15 is 0 Å². The minimum Gasteiger partial charge on any atom is -0.508 e. The fourth-order valence-electron chi connectivity index (χ4n) is 3.57. The number of carbonyl (C=O) groups excluding carboxylic acids is 2. The third-order valence-electron chi connectivity index (χ3n) is 4.82. The van der Waals surface area contributed by atoms with Crippen molar-refractivity contribution in [2.24, 2.45) is 0 Å². The highest BCUT2D eigenvalue weighted by Gasteiger charge is 2.41. The summed E-state index contributed by atoms with van der Waals surface area (Å²) in [4.78, 5) is 25.4. The van der Waals surface area contributed by atoms with Gasteiger partial charge in [0.25, 0.3) is 5.91 Å². The fraction of sp³-hybridized carbons (Fsp3) is 0.529. The number of phenolic OH excluding ortho intramolecular Hbond substituents is 1. The molecule has 1 aromatic carbocycles. The zero-order valence-corrected chi connectivity index (χ0v) is 15.3. The predicted octanol–water partition coefficient (Wildman–Crippen LogP) is 2.31. The van der Waals surface area contributed by atoms with Crippen LogP contribution in [0.2, 0.25) is 10.0 Å². The monoisotopic (exact) mass is 386 g/mol. The van der Waals surface area contributed by atoms with Crippen LogP contribution in [0.3, 0.4) is 0 Å². The van der Waals surface area contributed by atoms with Crippen LogP contribution < -0.4 is 5.32 Å². The fourth-order valence-corrected chi connectivity index (χ4v) is 4.05. The highest BCUT2D eigenvalue weighted by atomic mass is 35.5. The van der Waals surface area contributed by atoms with Gasteiger partial charge >= 0.3 is 0 Å². The molecule has 6 nitrogen and oxygen atoms in total. The number of aromatic hydroxyl groups is 1. The summed E-state index contributed by atoms with van der Waals surface area (Å²) in [5, 5.41) is 13.6. The minimum absolute atomic E-state index is 0.00995. The first-order valence-electron chi connectivity index (χ1n) is 8.22. The van der Waals surface area contributed by atoms with E-state index in [4.69, 9.17) is 27.9 Å². The normalized spacial score (nSPS) is 26.3. The van der Waals surface area contributed by atoms with Gasteiger partial charge in [0.15, 0.2) is 6.10 Å². The molecule has 0 radical (unpaired) electrons. The molecule has 25 heavy (non-hydrogen) atoms. The number of phenols is 1. The highest BCUT2D eigenvalue weighted by molar-refractivity contribution is 6.42. The summed E-state index contributed by atoms with van der Waals surface area (Å²) in [6, 6.07) is 3.04. The van der Waals surface area contributed by atoms with Crippen LogP contribution in [0.15, 0.2) is 12.1 Å². The Kier molecular flexibility index (Phi) is 5.41. The standard InChI is InChI=1S/C17H20Cl2N2O4/c1-9(22)20-7-14-17(24)21-5-4-10(6-11(21)8-25-14)15-13(23)3-2-12(18)16(15)19/h2-3,10-11,14,23H,4-8H2,1H3,(H,20,22)/t10-,11+,14?/m1/s1. The number of hydrogen-bond acceptors (Lipinski definition) is 4. The van der Waals surface area contributed by atoms with Crippen molar-refractivity contribution in [1.82, 2.24) is 10.2 Å². The maximum Gasteiger partial charge on any atom is 0.253 e. The van der Waals surface area contributed by atoms with Crippen molar-refractivity contribution in [3.8, 4) is 5.75 Å². The molecule has 1 aromatic rings. The second-order valence-corrected chi connectivity index (χ2v) is 7.25. The lowest BCUT2D eigenvalue weighted by atomic mass is 9.84. The van der Waals surface area contributed by atoms with Crippen molar-refractivity contribution in [2.75, 3.05) is 19.7 Å². The number of rotatable bonds is 3. The first-order valence-corrected chi connectivity index (χ1v) is 8.97. The molecule has 3 atom stereocenters. The summed E-state index contributed by atoms with van der Waals surface area (Å²) in [5.41, 5.74) is 0.640. The summed E-state index contributed by atoms with van der Waals surface area (Å²) in [5.74, 6) is -0.164. The number of nitrogens with one attached hydrogen (secondary N) is 1. The lowest BCUT2D eigenvalue weighted by molar-refractivity contribution is -0.162. The number of fused-ring (bicyclic) bond motifs is 1. The average Bonchev–Trinajstić information content (AvgIpc) is 2.58. The number of amides is 2. The van der Waals surface area contributed by atoms with Crippen LogP contribution in [0.1, 0.15) is 31.2 Å². The predicted molar refractivity (Wildman–Crippen MR) is 94.0 cm³/mol. The number of piperidine rings is 1. The Balaban J connectivity index is 1.71. The number of carbonyl (C=O) groups is 2. The van der Waals surface area contributed by atoms with E-state index < -0.39 is 6.10 Å². The Hall–Kier alpha value is -1.50. The molecule has 8 heteroatoms. The van der Waals surface area contributed by atoms with Crippen molar-refractivity contribution in [1.29, 1.82) is 0 Å². The lowest BCUT2D eigenvalue weighted by Crippen LogP contribution is -2.58. The number of benzene rings is 1. The summed E-state index contributed by atoms with van der Waals surface area (Å²) < 4.78 is 5.65. The third-order valence-corrected chi connectivity index (χ3v) is 5.64. The lowest BCUT2D eigenvalue weighted by Gasteiger charge is -2.44. The number of morpholine rings is 1. The minimum atomic E-state index is -0.639. The first-order chi connectivity index (χ1) is 11.9. The van der Waals surface area contributed by atoms with Crippen molar-refractivity contribution < 1.29 is 19.4 Å². The second kappa shape index (κ2) is 7.40. The van der Waals surface area contributed by atoms with Crippen molar-refractivity contribution in [2.45, 2.75) is 37.8 Å². The summed E-state index contributed by atoms with van der Waals surface area (Å²) in [7, 11) is 0. The van der Waals surface area contributed by atoms with Gasteiger partial charge in [0.2, 0.25) is 5.91 Å². The van der Waals surface area contributed by atoms with E-state index in [1.165, 1.54) is 6.92 Å². The number of nitrogens with zero attached hydrogens (tertiary/aromatic N) is 1. The molecule has 0 aromatic heterocycles. The van der Waals surface area contributed by atoms with Gasteiger partial charge in [-0.1, -0.05) is 23.2 Å². The zero-order valence-electron chi connectivity index (χ0n) is 13.8. The molecule has 2 saturated heterocycles. The van der Waals surface area contributed by atoms with E-state index in [9.17, 15) is 14.7 Å². The van der Waals surface area contributed by atoms with Crippen LogP contribution in [0.25, 0.3) is 0 Å². The van der Waals surface area contributed by atoms with Crippen molar-refractivity contribution >= 4 is 35.0 Å². The molecular weight excluding hydrogens is 367 g/mol. The smallest absolute Gasteiger partial charge is 0.253 e. The molecule has 3 rings (SSSR count). The molecule has 2 heterocycles. The molecule has 0 aliphatic carbocycles. The third kappa shape index (κ3) is 3.71. The van der Waals surface area contributed by atoms with E-state index in [0.29, 0.717) is 41.6 Å². The van der Waals surface area contributed by atoms with Crippen LogP contribution in [0.5, 0.6) is 5.75 Å². The number of halogens is 2. The second-order valence-electron chi connectivity index (χ2n) is 6.46. The van der Waals surface area contributed by atoms with Crippen LogP contribution in [0.4, 0.5) is 0 Å². The molecule has 2 amide bonds. The van der Waals surface area contributed by atoms with Gasteiger partial charge in [0, 0.05) is 19.0 Å². The molecule has 2 N–H and O–H groups in total. The molecular formula is C17H20Cl2N2O4. The van der Waals surface area contributed by atoms with E-state index in [-0.39, 0.29) is 36.1 Å². The van der Waals surface area contributed by atoms with E-state index in [1.807, 2.05) is 4.90 Å². The molecule has 2 fully saturated rings. The number of hydrogen-bond donors (Lipinski definition) is 2. The van der Waals surface area contributed by atoms with Gasteiger partial charge < -0.3 is 20.1 Å². The van der Waals surface area contributed by atoms with E-state index in [1.54, 1.807) is 12.1 Å². The van der Waals surface area contributed by atoms with Gasteiger partial charge in [-0.15, -0.1) is 0 Å². The molecule has 2 aliphatic rings. The Labute approximate surface area is 156 Å². The van der Waals surface area contributed by atoms with Gasteiger partial charge in [-0.05, 0) is 30.9 Å². The van der Waals surface area contributed by atoms with Gasteiger partial charge in [-0.3, -0.25) is 9.59 Å². The summed E-state index contributed by atoms with van der Waals surface area (Å²) in [6.07, 6.45) is 0.689. The van der Waals surface area contributed by atoms with Gasteiger partial charge in [0.1, 0.15) is 5.75 Å². The van der Waals surface area contributed by atoms with Crippen LogP contribution in [0, 0.1) is 0 Å². The van der Waals surface area contributed by atoms with E-state index in [0.717, 1.165) is 0 Å². The topological polar surface area (TPSA) is 78.9 Å².